The molecule has 0 saturated carbocycles. The first kappa shape index (κ1) is 9.51. The maximum absolute atomic E-state index is 5.73. The minimum absolute atomic E-state index is 0.422. The molecule has 5 nitrogen and oxygen atoms in total. The van der Waals surface area contributed by atoms with E-state index in [1.807, 2.05) is 24.3 Å². The largest absolute Gasteiger partial charge is 0.497 e. The molecule has 5 heteroatoms. The van der Waals surface area contributed by atoms with Gasteiger partial charge in [-0.25, -0.2) is 4.68 Å². The number of hydrogen-bond donors (Lipinski definition) is 1. The summed E-state index contributed by atoms with van der Waals surface area (Å²) in [6.45, 7) is 0. The monoisotopic (exact) mass is 204 g/mol. The van der Waals surface area contributed by atoms with E-state index in [1.54, 1.807) is 18.8 Å². The predicted octanol–water partition coefficient (Wildman–Crippen LogP) is 1.07. The van der Waals surface area contributed by atoms with Crippen LogP contribution in [-0.4, -0.2) is 22.1 Å². The molecule has 0 aliphatic rings. The zero-order chi connectivity index (χ0) is 10.8. The molecule has 1 heterocycles. The molecule has 0 aliphatic carbocycles. The first-order valence-corrected chi connectivity index (χ1v) is 4.52. The minimum atomic E-state index is 0.422. The Morgan fingerprint density at radius 2 is 2.20 bits per heavy atom. The molecule has 2 aromatic rings. The van der Waals surface area contributed by atoms with Gasteiger partial charge >= 0.3 is 0 Å². The summed E-state index contributed by atoms with van der Waals surface area (Å²) in [5.74, 6) is 1.21. The van der Waals surface area contributed by atoms with Crippen molar-refractivity contribution in [2.75, 3.05) is 12.8 Å². The van der Waals surface area contributed by atoms with Gasteiger partial charge in [-0.2, -0.15) is 0 Å². The molecule has 15 heavy (non-hydrogen) atoms. The molecule has 0 bridgehead atoms. The first-order valence-electron chi connectivity index (χ1n) is 4.52. The maximum Gasteiger partial charge on any atom is 0.174 e. The number of anilines is 1. The summed E-state index contributed by atoms with van der Waals surface area (Å²) >= 11 is 0. The number of hydrogen-bond acceptors (Lipinski definition) is 4. The van der Waals surface area contributed by atoms with E-state index < -0.39 is 0 Å². The van der Waals surface area contributed by atoms with Crippen LogP contribution in [-0.2, 0) is 7.05 Å². The number of nitrogens with zero attached hydrogens (tertiary/aromatic N) is 3. The Hall–Kier alpha value is -2.04. The van der Waals surface area contributed by atoms with Gasteiger partial charge in [-0.15, -0.1) is 5.10 Å². The summed E-state index contributed by atoms with van der Waals surface area (Å²) in [6.07, 6.45) is 0. The standard InChI is InChI=1S/C10H12N4O/c1-14-9(10(11)12-13-14)7-4-3-5-8(6-7)15-2/h3-6H,11H2,1-2H3. The van der Waals surface area contributed by atoms with Gasteiger partial charge in [0.05, 0.1) is 7.11 Å². The number of methoxy groups -OCH3 is 1. The van der Waals surface area contributed by atoms with Gasteiger partial charge in [-0.3, -0.25) is 0 Å². The lowest BCUT2D eigenvalue weighted by molar-refractivity contribution is 0.415. The number of benzene rings is 1. The van der Waals surface area contributed by atoms with Crippen molar-refractivity contribution in [2.45, 2.75) is 0 Å². The summed E-state index contributed by atoms with van der Waals surface area (Å²) in [6, 6.07) is 7.62. The van der Waals surface area contributed by atoms with Gasteiger partial charge in [0.15, 0.2) is 5.82 Å². The van der Waals surface area contributed by atoms with Crippen LogP contribution in [0.1, 0.15) is 0 Å². The highest BCUT2D eigenvalue weighted by molar-refractivity contribution is 5.70. The van der Waals surface area contributed by atoms with E-state index in [-0.39, 0.29) is 0 Å². The summed E-state index contributed by atoms with van der Waals surface area (Å²) in [5, 5.41) is 7.65. The molecule has 1 aromatic heterocycles. The van der Waals surface area contributed by atoms with Crippen LogP contribution in [0, 0.1) is 0 Å². The Morgan fingerprint density at radius 1 is 1.40 bits per heavy atom. The fourth-order valence-corrected chi connectivity index (χ4v) is 1.48. The second-order valence-corrected chi connectivity index (χ2v) is 3.18. The number of aromatic nitrogens is 3. The van der Waals surface area contributed by atoms with Gasteiger partial charge in [0.25, 0.3) is 0 Å². The van der Waals surface area contributed by atoms with E-state index in [1.165, 1.54) is 0 Å². The number of rotatable bonds is 2. The van der Waals surface area contributed by atoms with Crippen LogP contribution < -0.4 is 10.5 Å². The third kappa shape index (κ3) is 1.63. The molecule has 2 N–H and O–H groups in total. The first-order chi connectivity index (χ1) is 7.22. The van der Waals surface area contributed by atoms with E-state index in [0.29, 0.717) is 5.82 Å². The molecule has 78 valence electrons. The van der Waals surface area contributed by atoms with Gasteiger partial charge < -0.3 is 10.5 Å². The molecular weight excluding hydrogens is 192 g/mol. The van der Waals surface area contributed by atoms with Crippen molar-refractivity contribution in [3.63, 3.8) is 0 Å². The Bertz CT molecular complexity index is 459. The van der Waals surface area contributed by atoms with Gasteiger partial charge in [-0.05, 0) is 12.1 Å². The number of ether oxygens (including phenoxy) is 1. The lowest BCUT2D eigenvalue weighted by Gasteiger charge is -2.04. The Balaban J connectivity index is 2.53. The molecule has 0 fully saturated rings. The average Bonchev–Trinajstić information content (AvgIpc) is 2.59. The fourth-order valence-electron chi connectivity index (χ4n) is 1.48. The van der Waals surface area contributed by atoms with Gasteiger partial charge in [0.1, 0.15) is 11.4 Å². The SMILES string of the molecule is COc1cccc(-c2c(N)nnn2C)c1. The van der Waals surface area contributed by atoms with Crippen LogP contribution in [0.3, 0.4) is 0 Å². The Kier molecular flexibility index (Phi) is 2.29. The Morgan fingerprint density at radius 3 is 2.80 bits per heavy atom. The number of nitrogens with two attached hydrogens (primary N) is 1. The second kappa shape index (κ2) is 3.61. The lowest BCUT2D eigenvalue weighted by atomic mass is 10.1. The van der Waals surface area contributed by atoms with Crippen LogP contribution in [0.2, 0.25) is 0 Å². The van der Waals surface area contributed by atoms with E-state index in [9.17, 15) is 0 Å². The highest BCUT2D eigenvalue weighted by atomic mass is 16.5. The fraction of sp³-hybridized carbons (Fsp3) is 0.200. The Labute approximate surface area is 87.5 Å². The number of aryl methyl sites for hydroxylation is 1. The molecule has 0 atom stereocenters. The zero-order valence-electron chi connectivity index (χ0n) is 8.64. The summed E-state index contributed by atoms with van der Waals surface area (Å²) in [5.41, 5.74) is 7.47. The van der Waals surface area contributed by atoms with Crippen molar-refractivity contribution in [1.29, 1.82) is 0 Å². The third-order valence-electron chi connectivity index (χ3n) is 2.20. The highest BCUT2D eigenvalue weighted by Crippen LogP contribution is 2.26. The molecular formula is C10H12N4O. The van der Waals surface area contributed by atoms with Crippen LogP contribution in [0.15, 0.2) is 24.3 Å². The van der Waals surface area contributed by atoms with E-state index in [2.05, 4.69) is 10.3 Å². The van der Waals surface area contributed by atoms with Crippen LogP contribution in [0.25, 0.3) is 11.3 Å². The minimum Gasteiger partial charge on any atom is -0.497 e. The second-order valence-electron chi connectivity index (χ2n) is 3.18. The summed E-state index contributed by atoms with van der Waals surface area (Å²) in [4.78, 5) is 0. The van der Waals surface area contributed by atoms with Gasteiger partial charge in [0, 0.05) is 12.6 Å². The van der Waals surface area contributed by atoms with Crippen molar-refractivity contribution in [3.8, 4) is 17.0 Å². The molecule has 0 unspecified atom stereocenters. The van der Waals surface area contributed by atoms with Crippen molar-refractivity contribution >= 4 is 5.82 Å². The molecule has 0 spiro atoms. The van der Waals surface area contributed by atoms with Crippen molar-refractivity contribution in [2.24, 2.45) is 7.05 Å². The topological polar surface area (TPSA) is 66.0 Å². The highest BCUT2D eigenvalue weighted by Gasteiger charge is 2.10. The molecule has 1 aromatic carbocycles. The van der Waals surface area contributed by atoms with Crippen LogP contribution in [0.4, 0.5) is 5.82 Å². The molecule has 0 aliphatic heterocycles. The van der Waals surface area contributed by atoms with E-state index >= 15 is 0 Å². The summed E-state index contributed by atoms with van der Waals surface area (Å²) < 4.78 is 6.78. The normalized spacial score (nSPS) is 10.3. The molecule has 0 amide bonds. The van der Waals surface area contributed by atoms with Gasteiger partial charge in [-0.1, -0.05) is 17.3 Å². The third-order valence-corrected chi connectivity index (χ3v) is 2.20. The lowest BCUT2D eigenvalue weighted by Crippen LogP contribution is -1.96. The smallest absolute Gasteiger partial charge is 0.174 e. The average molecular weight is 204 g/mol. The predicted molar refractivity (Wildman–Crippen MR) is 57.4 cm³/mol. The van der Waals surface area contributed by atoms with Gasteiger partial charge in [0.2, 0.25) is 0 Å². The van der Waals surface area contributed by atoms with Crippen LogP contribution >= 0.6 is 0 Å². The van der Waals surface area contributed by atoms with Crippen molar-refractivity contribution in [1.82, 2.24) is 15.0 Å². The zero-order valence-corrected chi connectivity index (χ0v) is 8.64. The quantitative estimate of drug-likeness (QED) is 0.794. The summed E-state index contributed by atoms with van der Waals surface area (Å²) in [7, 11) is 3.43. The maximum atomic E-state index is 5.73. The van der Waals surface area contributed by atoms with Crippen molar-refractivity contribution in [3.05, 3.63) is 24.3 Å². The van der Waals surface area contributed by atoms with Crippen LogP contribution in [0.5, 0.6) is 5.75 Å². The van der Waals surface area contributed by atoms with E-state index in [0.717, 1.165) is 17.0 Å². The molecule has 0 radical (unpaired) electrons. The molecule has 0 saturated heterocycles. The number of nitrogen functional groups attached to an aromatic ring is 1. The van der Waals surface area contributed by atoms with E-state index in [4.69, 9.17) is 10.5 Å². The van der Waals surface area contributed by atoms with Crippen molar-refractivity contribution < 1.29 is 4.74 Å². The molecule has 2 rings (SSSR count).